The quantitative estimate of drug-likeness (QED) is 0.401. The van der Waals surface area contributed by atoms with Crippen LogP contribution in [-0.4, -0.2) is 28.2 Å². The smallest absolute Gasteiger partial charge is 0.162 e. The fraction of sp³-hybridized carbons (Fsp3) is 1.00. The summed E-state index contributed by atoms with van der Waals surface area (Å²) in [6.45, 7) is 13.5. The average Bonchev–Trinajstić information content (AvgIpc) is 2.65. The third-order valence-corrected chi connectivity index (χ3v) is 8.34. The van der Waals surface area contributed by atoms with E-state index in [1.807, 2.05) is 6.92 Å². The summed E-state index contributed by atoms with van der Waals surface area (Å²) in [6.07, 6.45) is 12.6. The van der Waals surface area contributed by atoms with Crippen molar-refractivity contribution >= 4 is 0 Å². The molecular formula is C26H50O3. The van der Waals surface area contributed by atoms with E-state index in [9.17, 15) is 10.2 Å². The number of ether oxygens (including phenoxy) is 1. The van der Waals surface area contributed by atoms with E-state index >= 15 is 0 Å². The van der Waals surface area contributed by atoms with Gasteiger partial charge >= 0.3 is 0 Å². The van der Waals surface area contributed by atoms with Crippen molar-refractivity contribution in [1.29, 1.82) is 0 Å². The third kappa shape index (κ3) is 7.51. The molecule has 2 unspecified atom stereocenters. The Bertz CT molecular complexity index is 469. The minimum Gasteiger partial charge on any atom is -0.387 e. The molecule has 0 amide bonds. The first kappa shape index (κ1) is 25.1. The number of aliphatic hydroxyl groups is 2. The van der Waals surface area contributed by atoms with Crippen LogP contribution in [0.3, 0.4) is 0 Å². The second-order valence-electron chi connectivity index (χ2n) is 11.4. The van der Waals surface area contributed by atoms with E-state index in [0.717, 1.165) is 37.0 Å². The fourth-order valence-corrected chi connectivity index (χ4v) is 6.20. The Labute approximate surface area is 181 Å². The van der Waals surface area contributed by atoms with Gasteiger partial charge in [0.15, 0.2) is 5.79 Å². The van der Waals surface area contributed by atoms with Crippen LogP contribution in [0.15, 0.2) is 0 Å². The van der Waals surface area contributed by atoms with Gasteiger partial charge in [-0.25, -0.2) is 0 Å². The molecule has 2 fully saturated rings. The molecular weight excluding hydrogens is 360 g/mol. The predicted octanol–water partition coefficient (Wildman–Crippen LogP) is 6.56. The van der Waals surface area contributed by atoms with Crippen LogP contribution in [0.25, 0.3) is 0 Å². The maximum absolute atomic E-state index is 11.6. The summed E-state index contributed by atoms with van der Waals surface area (Å²) >= 11 is 0. The van der Waals surface area contributed by atoms with Crippen LogP contribution >= 0.6 is 0 Å². The van der Waals surface area contributed by atoms with Crippen LogP contribution in [0.5, 0.6) is 0 Å². The molecule has 6 atom stereocenters. The summed E-state index contributed by atoms with van der Waals surface area (Å²) < 4.78 is 5.88. The monoisotopic (exact) mass is 410 g/mol. The molecule has 0 saturated heterocycles. The topological polar surface area (TPSA) is 49.7 Å². The lowest BCUT2D eigenvalue weighted by Crippen LogP contribution is -2.51. The van der Waals surface area contributed by atoms with Gasteiger partial charge in [0.2, 0.25) is 0 Å². The lowest BCUT2D eigenvalue weighted by atomic mass is 9.65. The van der Waals surface area contributed by atoms with Gasteiger partial charge in [-0.1, -0.05) is 73.1 Å². The molecule has 2 rings (SSSR count). The van der Waals surface area contributed by atoms with Crippen LogP contribution in [0.1, 0.15) is 112 Å². The van der Waals surface area contributed by atoms with Gasteiger partial charge in [0.25, 0.3) is 0 Å². The summed E-state index contributed by atoms with van der Waals surface area (Å²) in [7, 11) is 0. The maximum Gasteiger partial charge on any atom is 0.162 e. The zero-order valence-electron chi connectivity index (χ0n) is 20.3. The van der Waals surface area contributed by atoms with Crippen molar-refractivity contribution < 1.29 is 14.9 Å². The summed E-state index contributed by atoms with van der Waals surface area (Å²) in [5, 5.41) is 22.1. The Hall–Kier alpha value is -0.120. The Balaban J connectivity index is 1.92. The standard InChI is InChI=1S/C26H50O3/c1-7-16-25(6,27)29-18-26(28)17-20(3)10-15-24(26)22(5)12-11-21(4)23-13-8-19(2)9-14-23/h19-24,27-28H,7-18H2,1-6H3/t19?,20-,21?,22?,23?,24+,25+,26+/m1/s1. The summed E-state index contributed by atoms with van der Waals surface area (Å²) in [6, 6.07) is 0. The van der Waals surface area contributed by atoms with Crippen molar-refractivity contribution in [2.75, 3.05) is 6.61 Å². The Morgan fingerprint density at radius 3 is 2.17 bits per heavy atom. The number of hydrogen-bond acceptors (Lipinski definition) is 3. The van der Waals surface area contributed by atoms with E-state index in [-0.39, 0.29) is 12.5 Å². The molecule has 2 aliphatic rings. The molecule has 172 valence electrons. The maximum atomic E-state index is 11.6. The molecule has 0 aliphatic heterocycles. The minimum absolute atomic E-state index is 0.259. The SMILES string of the molecule is CCC[C@@](C)(O)OC[C@@]1(O)C[C@H](C)CC[C@H]1C(C)CCC(C)C1CCC(C)CC1. The van der Waals surface area contributed by atoms with Crippen molar-refractivity contribution in [3.8, 4) is 0 Å². The fourth-order valence-electron chi connectivity index (χ4n) is 6.20. The van der Waals surface area contributed by atoms with Gasteiger partial charge in [-0.05, 0) is 68.1 Å². The Morgan fingerprint density at radius 1 is 0.966 bits per heavy atom. The summed E-state index contributed by atoms with van der Waals surface area (Å²) in [4.78, 5) is 0. The molecule has 0 aromatic carbocycles. The number of hydrogen-bond donors (Lipinski definition) is 2. The molecule has 0 aromatic heterocycles. The van der Waals surface area contributed by atoms with Gasteiger partial charge in [0.1, 0.15) is 0 Å². The molecule has 2 saturated carbocycles. The van der Waals surface area contributed by atoms with Crippen molar-refractivity contribution in [1.82, 2.24) is 0 Å². The Kier molecular flexibility index (Phi) is 9.50. The second-order valence-corrected chi connectivity index (χ2v) is 11.4. The highest BCUT2D eigenvalue weighted by Gasteiger charge is 2.45. The lowest BCUT2D eigenvalue weighted by molar-refractivity contribution is -0.239. The largest absolute Gasteiger partial charge is 0.387 e. The van der Waals surface area contributed by atoms with E-state index in [4.69, 9.17) is 4.74 Å². The van der Waals surface area contributed by atoms with Crippen molar-refractivity contribution in [3.63, 3.8) is 0 Å². The third-order valence-electron chi connectivity index (χ3n) is 8.34. The van der Waals surface area contributed by atoms with Crippen molar-refractivity contribution in [2.45, 2.75) is 124 Å². The normalized spacial score (nSPS) is 37.7. The summed E-state index contributed by atoms with van der Waals surface area (Å²) in [5.41, 5.74) is -0.807. The van der Waals surface area contributed by atoms with Gasteiger partial charge in [-0.3, -0.25) is 0 Å². The zero-order chi connectivity index (χ0) is 21.7. The highest BCUT2D eigenvalue weighted by Crippen LogP contribution is 2.44. The molecule has 0 bridgehead atoms. The van der Waals surface area contributed by atoms with E-state index in [0.29, 0.717) is 18.3 Å². The molecule has 3 heteroatoms. The molecule has 29 heavy (non-hydrogen) atoms. The average molecular weight is 411 g/mol. The zero-order valence-corrected chi connectivity index (χ0v) is 20.3. The van der Waals surface area contributed by atoms with Crippen molar-refractivity contribution in [3.05, 3.63) is 0 Å². The molecule has 0 spiro atoms. The van der Waals surface area contributed by atoms with Crippen LogP contribution in [0, 0.1) is 35.5 Å². The van der Waals surface area contributed by atoms with E-state index < -0.39 is 11.4 Å². The first-order chi connectivity index (χ1) is 13.6. The Morgan fingerprint density at radius 2 is 1.55 bits per heavy atom. The molecule has 2 aliphatic carbocycles. The van der Waals surface area contributed by atoms with E-state index in [1.165, 1.54) is 44.9 Å². The van der Waals surface area contributed by atoms with Gasteiger partial charge in [-0.15, -0.1) is 0 Å². The highest BCUT2D eigenvalue weighted by atomic mass is 16.6. The molecule has 2 N–H and O–H groups in total. The first-order valence-electron chi connectivity index (χ1n) is 12.6. The van der Waals surface area contributed by atoms with Crippen molar-refractivity contribution in [2.24, 2.45) is 35.5 Å². The van der Waals surface area contributed by atoms with Gasteiger partial charge in [0, 0.05) is 6.42 Å². The van der Waals surface area contributed by atoms with Crippen LogP contribution in [0.2, 0.25) is 0 Å². The molecule has 3 nitrogen and oxygen atoms in total. The molecule has 0 radical (unpaired) electrons. The van der Waals surface area contributed by atoms with Crippen LogP contribution in [0.4, 0.5) is 0 Å². The minimum atomic E-state index is -1.13. The molecule has 0 heterocycles. The van der Waals surface area contributed by atoms with E-state index in [1.54, 1.807) is 6.92 Å². The summed E-state index contributed by atoms with van der Waals surface area (Å²) in [5.74, 6) is 2.77. The second kappa shape index (κ2) is 11.0. The van der Waals surface area contributed by atoms with Gasteiger partial charge in [0.05, 0.1) is 12.2 Å². The van der Waals surface area contributed by atoms with E-state index in [2.05, 4.69) is 27.7 Å². The van der Waals surface area contributed by atoms with Crippen LogP contribution < -0.4 is 0 Å². The van der Waals surface area contributed by atoms with Crippen LogP contribution in [-0.2, 0) is 4.74 Å². The highest BCUT2D eigenvalue weighted by molar-refractivity contribution is 4.95. The predicted molar refractivity (Wildman–Crippen MR) is 122 cm³/mol. The van der Waals surface area contributed by atoms with Gasteiger partial charge in [-0.2, -0.15) is 0 Å². The molecule has 0 aromatic rings. The first-order valence-corrected chi connectivity index (χ1v) is 12.6. The van der Waals surface area contributed by atoms with Gasteiger partial charge < -0.3 is 14.9 Å². The lowest BCUT2D eigenvalue weighted by Gasteiger charge is -2.46. The number of rotatable bonds is 10.